The molecule has 1 aliphatic carbocycles. The first-order valence-corrected chi connectivity index (χ1v) is 10.2. The average molecular weight is 405 g/mol. The monoisotopic (exact) mass is 405 g/mol. The highest BCUT2D eigenvalue weighted by molar-refractivity contribution is 6.00. The number of amides is 1. The Morgan fingerprint density at radius 3 is 2.53 bits per heavy atom. The molecule has 3 aliphatic rings. The van der Waals surface area contributed by atoms with Crippen molar-refractivity contribution in [2.75, 3.05) is 10.2 Å². The number of pyridine rings is 2. The van der Waals surface area contributed by atoms with Gasteiger partial charge >= 0.3 is 5.97 Å². The number of aromatic carboxylic acids is 1. The van der Waals surface area contributed by atoms with Crippen molar-refractivity contribution in [2.45, 2.75) is 50.2 Å². The van der Waals surface area contributed by atoms with Gasteiger partial charge in [-0.2, -0.15) is 0 Å². The molecule has 30 heavy (non-hydrogen) atoms. The van der Waals surface area contributed by atoms with E-state index >= 15 is 0 Å². The van der Waals surface area contributed by atoms with Gasteiger partial charge in [0.25, 0.3) is 5.91 Å². The number of hydrogen-bond acceptors (Lipinski definition) is 6. The number of primary amides is 1. The van der Waals surface area contributed by atoms with E-state index in [1.165, 1.54) is 6.20 Å². The summed E-state index contributed by atoms with van der Waals surface area (Å²) in [5, 5.41) is 12.7. The van der Waals surface area contributed by atoms with Crippen LogP contribution in [0.2, 0.25) is 0 Å². The summed E-state index contributed by atoms with van der Waals surface area (Å²) in [6.07, 6.45) is 11.8. The molecule has 0 aromatic carbocycles. The van der Waals surface area contributed by atoms with Gasteiger partial charge in [0.2, 0.25) is 0 Å². The van der Waals surface area contributed by atoms with E-state index in [9.17, 15) is 9.59 Å². The van der Waals surface area contributed by atoms with E-state index in [2.05, 4.69) is 20.2 Å². The summed E-state index contributed by atoms with van der Waals surface area (Å²) in [6.45, 7) is 0. The highest BCUT2D eigenvalue weighted by Gasteiger charge is 2.41. The van der Waals surface area contributed by atoms with Crippen molar-refractivity contribution < 1.29 is 14.7 Å². The lowest BCUT2D eigenvalue weighted by molar-refractivity contribution is 0.0696. The Kier molecular flexibility index (Phi) is 4.42. The van der Waals surface area contributed by atoms with Crippen LogP contribution in [-0.4, -0.2) is 45.1 Å². The fraction of sp³-hybridized carbons (Fsp3) is 0.364. The lowest BCUT2D eigenvalue weighted by atomic mass is 9.95. The van der Waals surface area contributed by atoms with Crippen LogP contribution < -0.4 is 16.0 Å². The molecule has 2 bridgehead atoms. The second-order valence-electron chi connectivity index (χ2n) is 8.19. The number of carboxylic acid groups (broad SMARTS) is 1. The largest absolute Gasteiger partial charge is 0.478 e. The minimum absolute atomic E-state index is 0.196. The molecule has 2 aliphatic heterocycles. The second kappa shape index (κ2) is 7.12. The first kappa shape index (κ1) is 18.6. The van der Waals surface area contributed by atoms with Gasteiger partial charge in [0.15, 0.2) is 0 Å². The third-order valence-electron chi connectivity index (χ3n) is 6.40. The third kappa shape index (κ3) is 3.08. The highest BCUT2D eigenvalue weighted by atomic mass is 16.4. The average Bonchev–Trinajstić information content (AvgIpc) is 3.31. The Hall–Kier alpha value is -3.42. The number of hydrogen-bond donors (Lipinski definition) is 3. The fourth-order valence-corrected chi connectivity index (χ4v) is 5.08. The molecule has 0 radical (unpaired) electrons. The standard InChI is InChI=1S/C22H23N5O3/c23-21(28)17-11-24-18-3-1-2-16(18)20(17)26-13-8-14-5-6-15(9-13)27(14)19-7-4-12(10-25-19)22(29)30/h1-2,4,7,10-11,13-15H,3,5-6,8-9H2,(H2,23,28)(H,24,26)(H,29,30)/t13?,14-,15+. The maximum atomic E-state index is 12.0. The molecule has 2 aromatic heterocycles. The van der Waals surface area contributed by atoms with Crippen molar-refractivity contribution in [1.82, 2.24) is 9.97 Å². The predicted octanol–water partition coefficient (Wildman–Crippen LogP) is 2.45. The van der Waals surface area contributed by atoms with Crippen molar-refractivity contribution in [3.8, 4) is 0 Å². The van der Waals surface area contributed by atoms with Crippen LogP contribution in [0.15, 0.2) is 30.6 Å². The van der Waals surface area contributed by atoms with E-state index in [4.69, 9.17) is 10.8 Å². The molecular formula is C22H23N5O3. The predicted molar refractivity (Wildman–Crippen MR) is 113 cm³/mol. The molecule has 2 aromatic rings. The molecule has 3 atom stereocenters. The number of rotatable bonds is 5. The number of carbonyl (C=O) groups is 2. The van der Waals surface area contributed by atoms with Crippen molar-refractivity contribution in [3.05, 3.63) is 53.0 Å². The van der Waals surface area contributed by atoms with Gasteiger partial charge in [-0.05, 0) is 37.8 Å². The smallest absolute Gasteiger partial charge is 0.337 e. The molecule has 8 heteroatoms. The molecule has 4 heterocycles. The number of aromatic nitrogens is 2. The molecule has 2 saturated heterocycles. The molecule has 1 amide bonds. The van der Waals surface area contributed by atoms with Gasteiger partial charge < -0.3 is 21.1 Å². The van der Waals surface area contributed by atoms with Crippen LogP contribution in [0.1, 0.15) is 57.7 Å². The fourth-order valence-electron chi connectivity index (χ4n) is 5.08. The summed E-state index contributed by atoms with van der Waals surface area (Å²) in [6, 6.07) is 4.28. The quantitative estimate of drug-likeness (QED) is 0.698. The molecule has 2 fully saturated rings. The van der Waals surface area contributed by atoms with E-state index in [0.29, 0.717) is 17.6 Å². The summed E-state index contributed by atoms with van der Waals surface area (Å²) in [4.78, 5) is 34.2. The second-order valence-corrected chi connectivity index (χ2v) is 8.19. The molecular weight excluding hydrogens is 382 g/mol. The van der Waals surface area contributed by atoms with E-state index < -0.39 is 11.9 Å². The molecule has 0 saturated carbocycles. The summed E-state index contributed by atoms with van der Waals surface area (Å²) >= 11 is 0. The molecule has 1 unspecified atom stereocenters. The molecule has 5 rings (SSSR count). The normalized spacial score (nSPS) is 24.0. The Balaban J connectivity index is 1.37. The number of piperidine rings is 1. The van der Waals surface area contributed by atoms with E-state index in [0.717, 1.165) is 54.9 Å². The third-order valence-corrected chi connectivity index (χ3v) is 6.40. The lowest BCUT2D eigenvalue weighted by Gasteiger charge is -2.40. The number of allylic oxidation sites excluding steroid dienone is 1. The van der Waals surface area contributed by atoms with Crippen LogP contribution >= 0.6 is 0 Å². The highest BCUT2D eigenvalue weighted by Crippen LogP contribution is 2.40. The van der Waals surface area contributed by atoms with Crippen molar-refractivity contribution in [2.24, 2.45) is 5.73 Å². The number of fused-ring (bicyclic) bond motifs is 3. The van der Waals surface area contributed by atoms with Crippen LogP contribution in [0.4, 0.5) is 11.5 Å². The van der Waals surface area contributed by atoms with Gasteiger partial charge in [-0.1, -0.05) is 12.2 Å². The zero-order valence-corrected chi connectivity index (χ0v) is 16.4. The van der Waals surface area contributed by atoms with Crippen LogP contribution in [0.3, 0.4) is 0 Å². The Morgan fingerprint density at radius 1 is 1.13 bits per heavy atom. The zero-order valence-electron chi connectivity index (χ0n) is 16.4. The Morgan fingerprint density at radius 2 is 1.90 bits per heavy atom. The maximum absolute atomic E-state index is 12.0. The number of nitrogens with two attached hydrogens (primary N) is 1. The van der Waals surface area contributed by atoms with Crippen molar-refractivity contribution in [1.29, 1.82) is 0 Å². The van der Waals surface area contributed by atoms with Gasteiger partial charge in [-0.25, -0.2) is 9.78 Å². The molecule has 8 nitrogen and oxygen atoms in total. The summed E-state index contributed by atoms with van der Waals surface area (Å²) in [7, 11) is 0. The molecule has 0 spiro atoms. The summed E-state index contributed by atoms with van der Waals surface area (Å²) < 4.78 is 0. The Labute approximate surface area is 173 Å². The topological polar surface area (TPSA) is 121 Å². The molecule has 154 valence electrons. The van der Waals surface area contributed by atoms with Gasteiger partial charge in [0.05, 0.1) is 22.5 Å². The number of carbonyl (C=O) groups excluding carboxylic acids is 1. The minimum atomic E-state index is -0.968. The maximum Gasteiger partial charge on any atom is 0.337 e. The van der Waals surface area contributed by atoms with Gasteiger partial charge in [-0.15, -0.1) is 0 Å². The van der Waals surface area contributed by atoms with Crippen molar-refractivity contribution in [3.63, 3.8) is 0 Å². The summed E-state index contributed by atoms with van der Waals surface area (Å²) in [5.74, 6) is -0.614. The summed E-state index contributed by atoms with van der Waals surface area (Å²) in [5.41, 5.74) is 8.96. The van der Waals surface area contributed by atoms with Gasteiger partial charge in [-0.3, -0.25) is 9.78 Å². The van der Waals surface area contributed by atoms with Crippen molar-refractivity contribution >= 4 is 29.5 Å². The number of nitrogens with one attached hydrogen (secondary N) is 1. The van der Waals surface area contributed by atoms with Crippen LogP contribution in [0.5, 0.6) is 0 Å². The lowest BCUT2D eigenvalue weighted by Crippen LogP contribution is -2.47. The van der Waals surface area contributed by atoms with E-state index in [1.54, 1.807) is 18.3 Å². The number of nitrogens with zero attached hydrogens (tertiary/aromatic N) is 3. The van der Waals surface area contributed by atoms with E-state index in [1.807, 2.05) is 12.2 Å². The molecule has 4 N–H and O–H groups in total. The van der Waals surface area contributed by atoms with E-state index in [-0.39, 0.29) is 11.6 Å². The minimum Gasteiger partial charge on any atom is -0.478 e. The van der Waals surface area contributed by atoms with Gasteiger partial charge in [0, 0.05) is 42.5 Å². The van der Waals surface area contributed by atoms with Crippen LogP contribution in [0.25, 0.3) is 6.08 Å². The zero-order chi connectivity index (χ0) is 20.8. The van der Waals surface area contributed by atoms with Crippen LogP contribution in [-0.2, 0) is 6.42 Å². The Bertz CT molecular complexity index is 1040. The SMILES string of the molecule is NC(=O)c1cnc2c(c1NC1C[C@H]3CC[C@@H](C1)N3c1ccc(C(=O)O)cn1)C=CC2. The first-order valence-electron chi connectivity index (χ1n) is 10.2. The number of anilines is 2. The van der Waals surface area contributed by atoms with Gasteiger partial charge in [0.1, 0.15) is 5.82 Å². The van der Waals surface area contributed by atoms with Crippen LogP contribution in [0, 0.1) is 0 Å². The first-order chi connectivity index (χ1) is 14.5. The number of carboxylic acids is 1.